The van der Waals surface area contributed by atoms with Crippen LogP contribution in [-0.4, -0.2) is 19.5 Å². The van der Waals surface area contributed by atoms with Crippen LogP contribution >= 0.6 is 0 Å². The number of anilines is 1. The van der Waals surface area contributed by atoms with Crippen LogP contribution in [0, 0.1) is 27.7 Å². The summed E-state index contributed by atoms with van der Waals surface area (Å²) in [6, 6.07) is 8.10. The summed E-state index contributed by atoms with van der Waals surface area (Å²) in [6.45, 7) is 7.11. The lowest BCUT2D eigenvalue weighted by atomic mass is 10.1. The molecule has 1 heterocycles. The Labute approximate surface area is 157 Å². The third kappa shape index (κ3) is 3.41. The summed E-state index contributed by atoms with van der Waals surface area (Å²) >= 11 is 0. The summed E-state index contributed by atoms with van der Waals surface area (Å²) in [7, 11) is -3.81. The van der Waals surface area contributed by atoms with Crippen LogP contribution in [0.2, 0.25) is 0 Å². The molecule has 0 saturated carbocycles. The maximum absolute atomic E-state index is 12.8. The molecule has 0 saturated heterocycles. The number of carbonyl (C=O) groups is 1. The largest absolute Gasteiger partial charge is 0.461 e. The van der Waals surface area contributed by atoms with Gasteiger partial charge < -0.3 is 4.42 Å². The van der Waals surface area contributed by atoms with Crippen LogP contribution in [0.4, 0.5) is 5.69 Å². The minimum Gasteiger partial charge on any atom is -0.461 e. The number of hydrogen-bond donors (Lipinski definition) is 3. The molecule has 142 valence electrons. The van der Waals surface area contributed by atoms with E-state index in [-0.39, 0.29) is 16.1 Å². The van der Waals surface area contributed by atoms with Gasteiger partial charge in [-0.3, -0.25) is 14.7 Å². The number of aryl methyl sites for hydroxylation is 4. The van der Waals surface area contributed by atoms with Gasteiger partial charge in [0.1, 0.15) is 11.3 Å². The number of hydrogen-bond acceptors (Lipinski definition) is 5. The summed E-state index contributed by atoms with van der Waals surface area (Å²) in [5.74, 6) is -0.405. The Morgan fingerprint density at radius 1 is 1.00 bits per heavy atom. The fraction of sp³-hybridized carbons (Fsp3) is 0.211. The molecule has 3 rings (SSSR count). The van der Waals surface area contributed by atoms with Crippen molar-refractivity contribution in [3.05, 3.63) is 58.3 Å². The number of benzene rings is 2. The molecule has 3 aromatic rings. The maximum Gasteiger partial charge on any atom is 0.278 e. The fourth-order valence-electron chi connectivity index (χ4n) is 3.06. The molecule has 8 heteroatoms. The highest BCUT2D eigenvalue weighted by molar-refractivity contribution is 7.92. The lowest BCUT2D eigenvalue weighted by molar-refractivity contribution is 0.0706. The SMILES string of the molecule is Cc1cc(C)c(S(=O)(=O)Nc2ccc3oc(C)c(C(=O)NO)c3c2)cc1C. The van der Waals surface area contributed by atoms with Crippen molar-refractivity contribution in [2.45, 2.75) is 32.6 Å². The summed E-state index contributed by atoms with van der Waals surface area (Å²) in [5.41, 5.74) is 4.96. The first-order chi connectivity index (χ1) is 12.6. The zero-order chi connectivity index (χ0) is 19.9. The van der Waals surface area contributed by atoms with Crippen molar-refractivity contribution < 1.29 is 22.8 Å². The van der Waals surface area contributed by atoms with E-state index in [4.69, 9.17) is 9.62 Å². The second-order valence-electron chi connectivity index (χ2n) is 6.49. The van der Waals surface area contributed by atoms with Crippen LogP contribution in [0.3, 0.4) is 0 Å². The Bertz CT molecular complexity index is 1160. The lowest BCUT2D eigenvalue weighted by Crippen LogP contribution is -2.19. The minimum absolute atomic E-state index is 0.149. The van der Waals surface area contributed by atoms with Gasteiger partial charge in [0, 0.05) is 11.1 Å². The van der Waals surface area contributed by atoms with Crippen LogP contribution in [-0.2, 0) is 10.0 Å². The van der Waals surface area contributed by atoms with Crippen molar-refractivity contribution in [1.29, 1.82) is 0 Å². The van der Waals surface area contributed by atoms with Crippen molar-refractivity contribution in [1.82, 2.24) is 5.48 Å². The van der Waals surface area contributed by atoms with Gasteiger partial charge in [0.15, 0.2) is 0 Å². The van der Waals surface area contributed by atoms with E-state index in [2.05, 4.69) is 4.72 Å². The van der Waals surface area contributed by atoms with Gasteiger partial charge in [-0.1, -0.05) is 6.07 Å². The van der Waals surface area contributed by atoms with Crippen LogP contribution in [0.5, 0.6) is 0 Å². The van der Waals surface area contributed by atoms with Crippen molar-refractivity contribution in [2.75, 3.05) is 4.72 Å². The molecule has 0 bridgehead atoms. The molecule has 0 atom stereocenters. The number of furan rings is 1. The lowest BCUT2D eigenvalue weighted by Gasteiger charge is -2.13. The summed E-state index contributed by atoms with van der Waals surface area (Å²) in [6.07, 6.45) is 0. The Morgan fingerprint density at radius 3 is 2.33 bits per heavy atom. The molecule has 0 radical (unpaired) electrons. The molecule has 7 nitrogen and oxygen atoms in total. The summed E-state index contributed by atoms with van der Waals surface area (Å²) < 4.78 is 33.7. The van der Waals surface area contributed by atoms with Crippen molar-refractivity contribution >= 4 is 32.6 Å². The van der Waals surface area contributed by atoms with E-state index >= 15 is 0 Å². The average Bonchev–Trinajstić information content (AvgIpc) is 2.92. The van der Waals surface area contributed by atoms with Crippen LogP contribution < -0.4 is 10.2 Å². The summed E-state index contributed by atoms with van der Waals surface area (Å²) in [4.78, 5) is 12.1. The molecular weight excluding hydrogens is 368 g/mol. The van der Waals surface area contributed by atoms with E-state index in [1.54, 1.807) is 37.5 Å². The maximum atomic E-state index is 12.8. The van der Waals surface area contributed by atoms with E-state index in [0.29, 0.717) is 22.3 Å². The zero-order valence-corrected chi connectivity index (χ0v) is 16.2. The standard InChI is InChI=1S/C19H20N2O5S/c1-10-7-12(3)17(8-11(10)2)27(24,25)21-14-5-6-16-15(9-14)18(13(4)26-16)19(22)20-23/h5-9,21,23H,1-4H3,(H,20,22). The second-order valence-corrected chi connectivity index (χ2v) is 8.14. The van der Waals surface area contributed by atoms with Gasteiger partial charge in [0.25, 0.3) is 15.9 Å². The molecule has 0 aliphatic heterocycles. The number of sulfonamides is 1. The first-order valence-corrected chi connectivity index (χ1v) is 9.70. The van der Waals surface area contributed by atoms with Gasteiger partial charge in [-0.2, -0.15) is 0 Å². The molecule has 0 aliphatic rings. The minimum atomic E-state index is -3.81. The van der Waals surface area contributed by atoms with Crippen LogP contribution in [0.25, 0.3) is 11.0 Å². The number of fused-ring (bicyclic) bond motifs is 1. The molecule has 1 aromatic heterocycles. The molecule has 3 N–H and O–H groups in total. The van der Waals surface area contributed by atoms with Gasteiger partial charge >= 0.3 is 0 Å². The van der Waals surface area contributed by atoms with Crippen LogP contribution in [0.15, 0.2) is 39.6 Å². The number of hydroxylamine groups is 1. The quantitative estimate of drug-likeness (QED) is 0.467. The summed E-state index contributed by atoms with van der Waals surface area (Å²) in [5, 5.41) is 9.32. The first kappa shape index (κ1) is 18.9. The topological polar surface area (TPSA) is 109 Å². The highest BCUT2D eigenvalue weighted by atomic mass is 32.2. The predicted molar refractivity (Wildman–Crippen MR) is 102 cm³/mol. The number of carbonyl (C=O) groups excluding carboxylic acids is 1. The van der Waals surface area contributed by atoms with Gasteiger partial charge in [-0.05, 0) is 68.7 Å². The van der Waals surface area contributed by atoms with Gasteiger partial charge in [0.05, 0.1) is 10.5 Å². The van der Waals surface area contributed by atoms with Crippen LogP contribution in [0.1, 0.15) is 32.8 Å². The van der Waals surface area contributed by atoms with Crippen molar-refractivity contribution in [2.24, 2.45) is 0 Å². The van der Waals surface area contributed by atoms with E-state index in [1.165, 1.54) is 6.07 Å². The molecular formula is C19H20N2O5S. The van der Waals surface area contributed by atoms with E-state index < -0.39 is 15.9 Å². The number of amides is 1. The van der Waals surface area contributed by atoms with E-state index in [1.807, 2.05) is 19.9 Å². The van der Waals surface area contributed by atoms with Crippen molar-refractivity contribution in [3.8, 4) is 0 Å². The molecule has 0 spiro atoms. The first-order valence-electron chi connectivity index (χ1n) is 8.22. The van der Waals surface area contributed by atoms with E-state index in [0.717, 1.165) is 11.1 Å². The molecule has 0 aliphatic carbocycles. The fourth-order valence-corrected chi connectivity index (χ4v) is 4.42. The smallest absolute Gasteiger partial charge is 0.278 e. The Hall–Kier alpha value is -2.84. The Kier molecular flexibility index (Phi) is 4.71. The number of nitrogens with one attached hydrogen (secondary N) is 2. The third-order valence-electron chi connectivity index (χ3n) is 4.53. The van der Waals surface area contributed by atoms with Gasteiger partial charge in [-0.15, -0.1) is 0 Å². The third-order valence-corrected chi connectivity index (χ3v) is 6.05. The highest BCUT2D eigenvalue weighted by Crippen LogP contribution is 2.30. The Balaban J connectivity index is 2.06. The van der Waals surface area contributed by atoms with Crippen molar-refractivity contribution in [3.63, 3.8) is 0 Å². The zero-order valence-electron chi connectivity index (χ0n) is 15.4. The molecule has 1 amide bonds. The Morgan fingerprint density at radius 2 is 1.67 bits per heavy atom. The highest BCUT2D eigenvalue weighted by Gasteiger charge is 2.21. The predicted octanol–water partition coefficient (Wildman–Crippen LogP) is 3.59. The molecule has 27 heavy (non-hydrogen) atoms. The second kappa shape index (κ2) is 6.71. The monoisotopic (exact) mass is 388 g/mol. The van der Waals surface area contributed by atoms with Gasteiger partial charge in [-0.25, -0.2) is 13.9 Å². The van der Waals surface area contributed by atoms with E-state index in [9.17, 15) is 13.2 Å². The van der Waals surface area contributed by atoms with Gasteiger partial charge in [0.2, 0.25) is 0 Å². The average molecular weight is 388 g/mol. The molecule has 2 aromatic carbocycles. The molecule has 0 fully saturated rings. The number of rotatable bonds is 4. The normalized spacial score (nSPS) is 11.6. The molecule has 0 unspecified atom stereocenters.